The highest BCUT2D eigenvalue weighted by atomic mass is 16.6. The van der Waals surface area contributed by atoms with Gasteiger partial charge in [0.05, 0.1) is 16.6 Å². The summed E-state index contributed by atoms with van der Waals surface area (Å²) in [5.41, 5.74) is -0.125. The molecular weight excluding hydrogens is 288 g/mol. The molecule has 1 N–H and O–H groups in total. The first kappa shape index (κ1) is 16.2. The maximum absolute atomic E-state index is 12.1. The smallest absolute Gasteiger partial charge is 0.338 e. The molecule has 22 heavy (non-hydrogen) atoms. The number of rotatable bonds is 5. The topological polar surface area (TPSA) is 90.7 Å². The van der Waals surface area contributed by atoms with Crippen LogP contribution in [0.1, 0.15) is 37.6 Å². The molecule has 1 aliphatic heterocycles. The maximum atomic E-state index is 12.1. The number of hydrogen-bond donors (Lipinski definition) is 1. The monoisotopic (exact) mass is 308 g/mol. The number of hydrogen-bond acceptors (Lipinski definition) is 6. The fraction of sp³-hybridized carbons (Fsp3) is 0.533. The molecule has 1 aromatic carbocycles. The van der Waals surface area contributed by atoms with Gasteiger partial charge in [-0.25, -0.2) is 4.79 Å². The summed E-state index contributed by atoms with van der Waals surface area (Å²) >= 11 is 0. The maximum Gasteiger partial charge on any atom is 0.338 e. The Labute approximate surface area is 128 Å². The molecule has 7 heteroatoms. The van der Waals surface area contributed by atoms with Crippen LogP contribution >= 0.6 is 0 Å². The van der Waals surface area contributed by atoms with Crippen LogP contribution in [0.3, 0.4) is 0 Å². The zero-order valence-corrected chi connectivity index (χ0v) is 12.9. The summed E-state index contributed by atoms with van der Waals surface area (Å²) in [7, 11) is 0. The van der Waals surface area contributed by atoms with E-state index >= 15 is 0 Å². The molecule has 0 unspecified atom stereocenters. The molecule has 0 bridgehead atoms. The van der Waals surface area contributed by atoms with E-state index in [0.29, 0.717) is 18.8 Å². The summed E-state index contributed by atoms with van der Waals surface area (Å²) < 4.78 is 10.5. The lowest BCUT2D eigenvalue weighted by molar-refractivity contribution is -0.384. The van der Waals surface area contributed by atoms with Crippen molar-refractivity contribution in [2.45, 2.75) is 38.9 Å². The fourth-order valence-corrected chi connectivity index (χ4v) is 1.97. The molecule has 0 aromatic heterocycles. The van der Waals surface area contributed by atoms with Crippen molar-refractivity contribution in [3.63, 3.8) is 0 Å². The van der Waals surface area contributed by atoms with Crippen LogP contribution in [-0.4, -0.2) is 35.7 Å². The van der Waals surface area contributed by atoms with E-state index in [2.05, 4.69) is 5.32 Å². The largest absolute Gasteiger partial charge is 0.456 e. The lowest BCUT2D eigenvalue weighted by atomic mass is 10.1. The van der Waals surface area contributed by atoms with E-state index in [4.69, 9.17) is 9.47 Å². The molecule has 7 nitrogen and oxygen atoms in total. The molecule has 1 fully saturated rings. The number of nitrogens with zero attached hydrogens (tertiary/aromatic N) is 1. The van der Waals surface area contributed by atoms with Crippen LogP contribution in [0.4, 0.5) is 11.4 Å². The zero-order valence-electron chi connectivity index (χ0n) is 12.9. The third-order valence-corrected chi connectivity index (χ3v) is 3.14. The molecule has 0 saturated carbocycles. The molecule has 2 rings (SSSR count). The quantitative estimate of drug-likeness (QED) is 0.511. The van der Waals surface area contributed by atoms with Gasteiger partial charge < -0.3 is 14.8 Å². The molecule has 0 radical (unpaired) electrons. The number of carbonyl (C=O) groups is 1. The van der Waals surface area contributed by atoms with Crippen LogP contribution in [-0.2, 0) is 9.47 Å². The zero-order chi connectivity index (χ0) is 16.3. The second-order valence-corrected chi connectivity index (χ2v) is 6.15. The van der Waals surface area contributed by atoms with E-state index < -0.39 is 16.5 Å². The predicted molar refractivity (Wildman–Crippen MR) is 81.1 cm³/mol. The first-order chi connectivity index (χ1) is 10.3. The summed E-state index contributed by atoms with van der Waals surface area (Å²) in [6.45, 7) is 6.49. The minimum Gasteiger partial charge on any atom is -0.456 e. The van der Waals surface area contributed by atoms with Crippen molar-refractivity contribution >= 4 is 17.3 Å². The van der Waals surface area contributed by atoms with Crippen LogP contribution in [0.25, 0.3) is 0 Å². The number of nitro benzene ring substituents is 1. The minimum atomic E-state index is -0.619. The molecule has 1 aromatic rings. The van der Waals surface area contributed by atoms with Crippen molar-refractivity contribution in [2.24, 2.45) is 0 Å². The van der Waals surface area contributed by atoms with Gasteiger partial charge in [0.2, 0.25) is 0 Å². The average molecular weight is 308 g/mol. The van der Waals surface area contributed by atoms with Crippen molar-refractivity contribution in [1.82, 2.24) is 0 Å². The van der Waals surface area contributed by atoms with E-state index in [9.17, 15) is 14.9 Å². The molecule has 0 spiro atoms. The fourth-order valence-electron chi connectivity index (χ4n) is 1.97. The summed E-state index contributed by atoms with van der Waals surface area (Å²) in [6, 6.07) is 4.16. The lowest BCUT2D eigenvalue weighted by Crippen LogP contribution is -2.33. The van der Waals surface area contributed by atoms with Crippen LogP contribution in [0.2, 0.25) is 0 Å². The Hall–Kier alpha value is -2.15. The molecule has 1 aliphatic rings. The van der Waals surface area contributed by atoms with Gasteiger partial charge in [-0.1, -0.05) is 0 Å². The first-order valence-electron chi connectivity index (χ1n) is 7.13. The summed E-state index contributed by atoms with van der Waals surface area (Å²) in [6.07, 6.45) is 0.983. The number of nitro groups is 1. The van der Waals surface area contributed by atoms with Crippen molar-refractivity contribution in [2.75, 3.05) is 18.5 Å². The van der Waals surface area contributed by atoms with Crippen LogP contribution in [0.15, 0.2) is 18.2 Å². The van der Waals surface area contributed by atoms with E-state index in [1.807, 2.05) is 0 Å². The second-order valence-electron chi connectivity index (χ2n) is 6.15. The number of esters is 1. The molecule has 1 atom stereocenters. The van der Waals surface area contributed by atoms with Crippen molar-refractivity contribution < 1.29 is 19.2 Å². The lowest BCUT2D eigenvalue weighted by Gasteiger charge is -2.26. The molecule has 0 aliphatic carbocycles. The van der Waals surface area contributed by atoms with Gasteiger partial charge in [-0.15, -0.1) is 0 Å². The SMILES string of the molecule is CC(C)(C)OC(=O)c1ccc([N+](=O)[O-])c(NC[C@@H]2CCO2)c1. The van der Waals surface area contributed by atoms with Gasteiger partial charge in [0.1, 0.15) is 11.3 Å². The van der Waals surface area contributed by atoms with Gasteiger partial charge in [0.25, 0.3) is 5.69 Å². The highest BCUT2D eigenvalue weighted by Crippen LogP contribution is 2.27. The normalized spacial score (nSPS) is 17.5. The number of benzene rings is 1. The Morgan fingerprint density at radius 2 is 2.18 bits per heavy atom. The highest BCUT2D eigenvalue weighted by molar-refractivity contribution is 5.91. The highest BCUT2D eigenvalue weighted by Gasteiger charge is 2.23. The molecule has 1 heterocycles. The van der Waals surface area contributed by atoms with E-state index in [1.165, 1.54) is 18.2 Å². The van der Waals surface area contributed by atoms with Gasteiger partial charge >= 0.3 is 5.97 Å². The van der Waals surface area contributed by atoms with Crippen molar-refractivity contribution in [1.29, 1.82) is 0 Å². The number of ether oxygens (including phenoxy) is 2. The van der Waals surface area contributed by atoms with Gasteiger partial charge in [0.15, 0.2) is 0 Å². The summed E-state index contributed by atoms with van der Waals surface area (Å²) in [5, 5.41) is 14.1. The van der Waals surface area contributed by atoms with Gasteiger partial charge in [-0.3, -0.25) is 10.1 Å². The number of carbonyl (C=O) groups excluding carboxylic acids is 1. The standard InChI is InChI=1S/C15H20N2O5/c1-15(2,3)22-14(18)10-4-5-13(17(19)20)12(8-10)16-9-11-6-7-21-11/h4-5,8,11,16H,6-7,9H2,1-3H3/t11-/m0/s1. The predicted octanol–water partition coefficient (Wildman–Crippen LogP) is 2.75. The Balaban J connectivity index is 2.17. The average Bonchev–Trinajstić information content (AvgIpc) is 2.34. The van der Waals surface area contributed by atoms with Crippen molar-refractivity contribution in [3.05, 3.63) is 33.9 Å². The summed E-state index contributed by atoms with van der Waals surface area (Å²) in [4.78, 5) is 22.6. The van der Waals surface area contributed by atoms with Crippen LogP contribution in [0.5, 0.6) is 0 Å². The number of nitrogens with one attached hydrogen (secondary N) is 1. The third-order valence-electron chi connectivity index (χ3n) is 3.14. The molecular formula is C15H20N2O5. The first-order valence-corrected chi connectivity index (χ1v) is 7.13. The van der Waals surface area contributed by atoms with Gasteiger partial charge in [-0.05, 0) is 39.3 Å². The van der Waals surface area contributed by atoms with E-state index in [0.717, 1.165) is 6.42 Å². The molecule has 1 saturated heterocycles. The van der Waals surface area contributed by atoms with E-state index in [1.54, 1.807) is 20.8 Å². The van der Waals surface area contributed by atoms with Gasteiger partial charge in [-0.2, -0.15) is 0 Å². The Morgan fingerprint density at radius 1 is 1.50 bits per heavy atom. The minimum absolute atomic E-state index is 0.0600. The third kappa shape index (κ3) is 4.17. The second kappa shape index (κ2) is 6.31. The molecule has 0 amide bonds. The van der Waals surface area contributed by atoms with Gasteiger partial charge in [0, 0.05) is 19.2 Å². The van der Waals surface area contributed by atoms with E-state index in [-0.39, 0.29) is 17.4 Å². The molecule has 120 valence electrons. The van der Waals surface area contributed by atoms with Crippen LogP contribution in [0, 0.1) is 10.1 Å². The Bertz CT molecular complexity index is 576. The summed E-state index contributed by atoms with van der Waals surface area (Å²) in [5.74, 6) is -0.509. The van der Waals surface area contributed by atoms with Crippen molar-refractivity contribution in [3.8, 4) is 0 Å². The van der Waals surface area contributed by atoms with Crippen LogP contribution < -0.4 is 5.32 Å². The Kier molecular flexibility index (Phi) is 4.65. The number of anilines is 1. The Morgan fingerprint density at radius 3 is 2.68 bits per heavy atom.